The van der Waals surface area contributed by atoms with Crippen molar-refractivity contribution in [3.8, 4) is 0 Å². The van der Waals surface area contributed by atoms with Crippen LogP contribution in [0.2, 0.25) is 0 Å². The van der Waals surface area contributed by atoms with Crippen LogP contribution >= 0.6 is 0 Å². The molecule has 0 aromatic heterocycles. The van der Waals surface area contributed by atoms with Crippen molar-refractivity contribution in [2.24, 2.45) is 0 Å². The largest absolute Gasteiger partial charge is 0.460 e. The Labute approximate surface area is 131 Å². The number of carbonyl (C=O) groups excluding carboxylic acids is 2. The summed E-state index contributed by atoms with van der Waals surface area (Å²) in [5.41, 5.74) is -0.311. The Bertz CT molecular complexity index is 641. The molecule has 2 rings (SSSR count). The molecule has 1 aromatic rings. The molecule has 0 saturated heterocycles. The molecule has 1 atom stereocenters. The van der Waals surface area contributed by atoms with Gasteiger partial charge >= 0.3 is 12.0 Å². The van der Waals surface area contributed by atoms with E-state index in [0.29, 0.717) is 0 Å². The van der Waals surface area contributed by atoms with Gasteiger partial charge in [0.25, 0.3) is 0 Å². The first kappa shape index (κ1) is 16.9. The maximum Gasteiger partial charge on any atom is 0.338 e. The number of esters is 1. The van der Waals surface area contributed by atoms with E-state index in [1.165, 1.54) is 20.1 Å². The molecule has 0 saturated carbocycles. The van der Waals surface area contributed by atoms with Crippen LogP contribution in [0.4, 0.5) is 13.6 Å². The standard InChI is InChI=1S/C15H16F2N2O4/c1-8-11(14(20)23-7-6-22-2)13(19-15(21)18-8)12-9(16)4-3-5-10(12)17/h3-5,13H,6-7H2,1-2H3,(H2,18,19,21). The second-order valence-electron chi connectivity index (χ2n) is 4.83. The van der Waals surface area contributed by atoms with E-state index in [0.717, 1.165) is 12.1 Å². The zero-order valence-corrected chi connectivity index (χ0v) is 12.6. The number of carbonyl (C=O) groups is 2. The van der Waals surface area contributed by atoms with E-state index in [1.807, 2.05) is 0 Å². The summed E-state index contributed by atoms with van der Waals surface area (Å²) in [6.45, 7) is 1.61. The Morgan fingerprint density at radius 1 is 1.26 bits per heavy atom. The SMILES string of the molecule is COCCOC(=O)C1=C(C)NC(=O)NC1c1c(F)cccc1F. The number of urea groups is 1. The predicted octanol–water partition coefficient (Wildman–Crippen LogP) is 1.78. The highest BCUT2D eigenvalue weighted by Crippen LogP contribution is 2.31. The van der Waals surface area contributed by atoms with Gasteiger partial charge in [-0.05, 0) is 19.1 Å². The first-order valence-electron chi connectivity index (χ1n) is 6.84. The van der Waals surface area contributed by atoms with Gasteiger partial charge in [0.05, 0.1) is 23.8 Å². The van der Waals surface area contributed by atoms with Gasteiger partial charge in [-0.1, -0.05) is 6.07 Å². The van der Waals surface area contributed by atoms with Gasteiger partial charge < -0.3 is 20.1 Å². The molecule has 6 nitrogen and oxygen atoms in total. The van der Waals surface area contributed by atoms with Crippen molar-refractivity contribution in [2.45, 2.75) is 13.0 Å². The molecule has 2 N–H and O–H groups in total. The normalized spacial score (nSPS) is 17.6. The van der Waals surface area contributed by atoms with Crippen LogP contribution in [0, 0.1) is 11.6 Å². The fourth-order valence-electron chi connectivity index (χ4n) is 2.26. The van der Waals surface area contributed by atoms with Gasteiger partial charge in [-0.15, -0.1) is 0 Å². The lowest BCUT2D eigenvalue weighted by Crippen LogP contribution is -2.46. The van der Waals surface area contributed by atoms with E-state index in [2.05, 4.69) is 10.6 Å². The van der Waals surface area contributed by atoms with Crippen LogP contribution in [-0.4, -0.2) is 32.3 Å². The summed E-state index contributed by atoms with van der Waals surface area (Å²) in [5.74, 6) is -2.53. The summed E-state index contributed by atoms with van der Waals surface area (Å²) in [7, 11) is 1.44. The van der Waals surface area contributed by atoms with Crippen molar-refractivity contribution < 1.29 is 27.8 Å². The summed E-state index contributed by atoms with van der Waals surface area (Å²) in [6.07, 6.45) is 0. The number of ether oxygens (including phenoxy) is 2. The molecular formula is C15H16F2N2O4. The monoisotopic (exact) mass is 326 g/mol. The molecule has 0 bridgehead atoms. The van der Waals surface area contributed by atoms with Gasteiger partial charge in [-0.25, -0.2) is 18.4 Å². The van der Waals surface area contributed by atoms with Crippen LogP contribution in [0.15, 0.2) is 29.5 Å². The molecule has 1 heterocycles. The molecule has 1 aromatic carbocycles. The minimum absolute atomic E-state index is 0.0213. The van der Waals surface area contributed by atoms with Gasteiger partial charge in [0, 0.05) is 12.8 Å². The number of methoxy groups -OCH3 is 1. The average molecular weight is 326 g/mol. The van der Waals surface area contributed by atoms with Crippen LogP contribution < -0.4 is 10.6 Å². The van der Waals surface area contributed by atoms with Gasteiger partial charge in [-0.3, -0.25) is 0 Å². The quantitative estimate of drug-likeness (QED) is 0.639. The van der Waals surface area contributed by atoms with Crippen LogP contribution in [0.5, 0.6) is 0 Å². The molecule has 1 aliphatic rings. The molecule has 124 valence electrons. The fourth-order valence-corrected chi connectivity index (χ4v) is 2.26. The van der Waals surface area contributed by atoms with E-state index < -0.39 is 35.2 Å². The van der Waals surface area contributed by atoms with Gasteiger partial charge in [0.1, 0.15) is 18.2 Å². The minimum atomic E-state index is -1.28. The lowest BCUT2D eigenvalue weighted by molar-refractivity contribution is -0.140. The van der Waals surface area contributed by atoms with Crippen LogP contribution in [0.25, 0.3) is 0 Å². The lowest BCUT2D eigenvalue weighted by Gasteiger charge is -2.28. The highest BCUT2D eigenvalue weighted by molar-refractivity contribution is 5.95. The molecular weight excluding hydrogens is 310 g/mol. The number of amides is 2. The van der Waals surface area contributed by atoms with Crippen molar-refractivity contribution in [2.75, 3.05) is 20.3 Å². The molecule has 0 radical (unpaired) electrons. The average Bonchev–Trinajstić information content (AvgIpc) is 2.46. The zero-order valence-electron chi connectivity index (χ0n) is 12.6. The fraction of sp³-hybridized carbons (Fsp3) is 0.333. The van der Waals surface area contributed by atoms with E-state index in [-0.39, 0.29) is 24.5 Å². The maximum absolute atomic E-state index is 14.0. The molecule has 1 aliphatic heterocycles. The zero-order chi connectivity index (χ0) is 17.0. The van der Waals surface area contributed by atoms with Crippen molar-refractivity contribution >= 4 is 12.0 Å². The number of rotatable bonds is 5. The number of nitrogens with one attached hydrogen (secondary N) is 2. The second kappa shape index (κ2) is 7.19. The Morgan fingerprint density at radius 2 is 1.91 bits per heavy atom. The van der Waals surface area contributed by atoms with E-state index >= 15 is 0 Å². The lowest BCUT2D eigenvalue weighted by atomic mass is 9.94. The highest BCUT2D eigenvalue weighted by Gasteiger charge is 2.35. The van der Waals surface area contributed by atoms with Crippen LogP contribution in [0.3, 0.4) is 0 Å². The number of hydrogen-bond acceptors (Lipinski definition) is 4. The third-order valence-corrected chi connectivity index (χ3v) is 3.30. The molecule has 0 spiro atoms. The van der Waals surface area contributed by atoms with E-state index in [9.17, 15) is 18.4 Å². The predicted molar refractivity (Wildman–Crippen MR) is 76.3 cm³/mol. The van der Waals surface area contributed by atoms with Crippen LogP contribution in [-0.2, 0) is 14.3 Å². The molecule has 0 aliphatic carbocycles. The Kier molecular flexibility index (Phi) is 5.28. The second-order valence-corrected chi connectivity index (χ2v) is 4.83. The Balaban J connectivity index is 2.40. The van der Waals surface area contributed by atoms with Crippen molar-refractivity contribution in [3.63, 3.8) is 0 Å². The van der Waals surface area contributed by atoms with Crippen molar-refractivity contribution in [3.05, 3.63) is 46.7 Å². The highest BCUT2D eigenvalue weighted by atomic mass is 19.1. The van der Waals surface area contributed by atoms with Crippen LogP contribution in [0.1, 0.15) is 18.5 Å². The van der Waals surface area contributed by atoms with E-state index in [1.54, 1.807) is 0 Å². The topological polar surface area (TPSA) is 76.7 Å². The van der Waals surface area contributed by atoms with Crippen molar-refractivity contribution in [1.82, 2.24) is 10.6 Å². The van der Waals surface area contributed by atoms with Gasteiger partial charge in [0.2, 0.25) is 0 Å². The number of allylic oxidation sites excluding steroid dienone is 1. The molecule has 2 amide bonds. The molecule has 0 fully saturated rings. The summed E-state index contributed by atoms with van der Waals surface area (Å²) in [5, 5.41) is 4.74. The molecule has 8 heteroatoms. The third kappa shape index (κ3) is 3.65. The summed E-state index contributed by atoms with van der Waals surface area (Å²) in [4.78, 5) is 23.9. The summed E-state index contributed by atoms with van der Waals surface area (Å²) < 4.78 is 37.8. The number of benzene rings is 1. The summed E-state index contributed by atoms with van der Waals surface area (Å²) >= 11 is 0. The smallest absolute Gasteiger partial charge is 0.338 e. The number of halogens is 2. The van der Waals surface area contributed by atoms with Gasteiger partial charge in [-0.2, -0.15) is 0 Å². The summed E-state index contributed by atoms with van der Waals surface area (Å²) in [6, 6.07) is 1.36. The number of hydrogen-bond donors (Lipinski definition) is 2. The Morgan fingerprint density at radius 3 is 2.52 bits per heavy atom. The third-order valence-electron chi connectivity index (χ3n) is 3.30. The van der Waals surface area contributed by atoms with Gasteiger partial charge in [0.15, 0.2) is 0 Å². The molecule has 23 heavy (non-hydrogen) atoms. The first-order chi connectivity index (χ1) is 11.0. The Hall–Kier alpha value is -2.48. The minimum Gasteiger partial charge on any atom is -0.460 e. The van der Waals surface area contributed by atoms with E-state index in [4.69, 9.17) is 9.47 Å². The first-order valence-corrected chi connectivity index (χ1v) is 6.84. The maximum atomic E-state index is 14.0. The van der Waals surface area contributed by atoms with Crippen molar-refractivity contribution in [1.29, 1.82) is 0 Å². The molecule has 1 unspecified atom stereocenters.